The maximum atomic E-state index is 11.7. The Labute approximate surface area is 109 Å². The van der Waals surface area contributed by atoms with Crippen LogP contribution in [0.1, 0.15) is 44.7 Å². The van der Waals surface area contributed by atoms with E-state index in [4.69, 9.17) is 0 Å². The zero-order valence-corrected chi connectivity index (χ0v) is 11.7. The van der Waals surface area contributed by atoms with E-state index in [9.17, 15) is 9.90 Å². The molecule has 0 saturated carbocycles. The third-order valence-corrected chi connectivity index (χ3v) is 3.54. The van der Waals surface area contributed by atoms with Crippen molar-refractivity contribution in [2.24, 2.45) is 0 Å². The van der Waals surface area contributed by atoms with Gasteiger partial charge in [0.25, 0.3) is 0 Å². The molecule has 0 fully saturated rings. The van der Waals surface area contributed by atoms with E-state index in [1.807, 2.05) is 45.0 Å². The first kappa shape index (κ1) is 14.7. The van der Waals surface area contributed by atoms with Crippen LogP contribution in [-0.4, -0.2) is 17.1 Å². The first-order valence-corrected chi connectivity index (χ1v) is 6.54. The lowest BCUT2D eigenvalue weighted by Crippen LogP contribution is -2.52. The Balaban J connectivity index is 3.18. The highest BCUT2D eigenvalue weighted by Gasteiger charge is 2.39. The fourth-order valence-corrected chi connectivity index (χ4v) is 2.09. The predicted octanol–water partition coefficient (Wildman–Crippen LogP) is 3.07. The molecule has 0 spiro atoms. The summed E-state index contributed by atoms with van der Waals surface area (Å²) in [5.41, 5.74) is 0.976. The van der Waals surface area contributed by atoms with Crippen LogP contribution in [0.3, 0.4) is 0 Å². The minimum absolute atomic E-state index is 0.169. The summed E-state index contributed by atoms with van der Waals surface area (Å²) in [6, 6.07) is 7.90. The van der Waals surface area contributed by atoms with Gasteiger partial charge in [0.15, 0.2) is 0 Å². The van der Waals surface area contributed by atoms with Crippen LogP contribution in [0, 0.1) is 6.92 Å². The Kier molecular flexibility index (Phi) is 4.91. The smallest absolute Gasteiger partial charge is 0.328 e. The van der Waals surface area contributed by atoms with Gasteiger partial charge in [-0.2, -0.15) is 0 Å². The average Bonchev–Trinajstić information content (AvgIpc) is 2.36. The molecular formula is C15H23NO2. The van der Waals surface area contributed by atoms with Gasteiger partial charge in [-0.3, -0.25) is 5.32 Å². The second-order valence-electron chi connectivity index (χ2n) is 4.88. The molecule has 100 valence electrons. The Morgan fingerprint density at radius 3 is 2.28 bits per heavy atom. The number of aryl methyl sites for hydroxylation is 1. The molecule has 3 heteroatoms. The minimum atomic E-state index is -0.983. The van der Waals surface area contributed by atoms with Crippen LogP contribution in [0.15, 0.2) is 24.3 Å². The molecule has 0 aliphatic carbocycles. The lowest BCUT2D eigenvalue weighted by molar-refractivity contribution is -0.146. The van der Waals surface area contributed by atoms with E-state index in [0.717, 1.165) is 17.5 Å². The number of hydrogen-bond donors (Lipinski definition) is 2. The van der Waals surface area contributed by atoms with Crippen molar-refractivity contribution in [1.29, 1.82) is 0 Å². The molecule has 0 amide bonds. The molecule has 0 bridgehead atoms. The lowest BCUT2D eigenvalue weighted by atomic mass is 9.86. The molecule has 2 unspecified atom stereocenters. The van der Waals surface area contributed by atoms with Crippen molar-refractivity contribution in [2.75, 3.05) is 0 Å². The predicted molar refractivity (Wildman–Crippen MR) is 73.7 cm³/mol. The maximum absolute atomic E-state index is 11.7. The average molecular weight is 249 g/mol. The maximum Gasteiger partial charge on any atom is 0.328 e. The Morgan fingerprint density at radius 1 is 1.33 bits per heavy atom. The number of benzene rings is 1. The molecule has 0 aliphatic rings. The van der Waals surface area contributed by atoms with Gasteiger partial charge >= 0.3 is 5.97 Å². The van der Waals surface area contributed by atoms with Gasteiger partial charge in [0.1, 0.15) is 5.54 Å². The zero-order valence-electron chi connectivity index (χ0n) is 11.7. The number of rotatable bonds is 6. The summed E-state index contributed by atoms with van der Waals surface area (Å²) >= 11 is 0. The van der Waals surface area contributed by atoms with E-state index in [-0.39, 0.29) is 6.04 Å². The molecule has 18 heavy (non-hydrogen) atoms. The highest BCUT2D eigenvalue weighted by molar-refractivity contribution is 5.80. The van der Waals surface area contributed by atoms with Crippen molar-refractivity contribution < 1.29 is 9.90 Å². The highest BCUT2D eigenvalue weighted by atomic mass is 16.4. The van der Waals surface area contributed by atoms with Gasteiger partial charge in [-0.25, -0.2) is 4.79 Å². The zero-order chi connectivity index (χ0) is 13.8. The molecule has 2 N–H and O–H groups in total. The molecular weight excluding hydrogens is 226 g/mol. The third-order valence-electron chi connectivity index (χ3n) is 3.54. The van der Waals surface area contributed by atoms with Crippen LogP contribution in [-0.2, 0) is 10.3 Å². The van der Waals surface area contributed by atoms with Gasteiger partial charge < -0.3 is 5.11 Å². The number of carboxylic acids is 1. The van der Waals surface area contributed by atoms with Crippen LogP contribution >= 0.6 is 0 Å². The van der Waals surface area contributed by atoms with E-state index in [1.54, 1.807) is 0 Å². The van der Waals surface area contributed by atoms with Crippen molar-refractivity contribution in [3.8, 4) is 0 Å². The fourth-order valence-electron chi connectivity index (χ4n) is 2.09. The van der Waals surface area contributed by atoms with Crippen molar-refractivity contribution in [1.82, 2.24) is 5.32 Å². The molecule has 0 heterocycles. The van der Waals surface area contributed by atoms with E-state index in [0.29, 0.717) is 6.42 Å². The van der Waals surface area contributed by atoms with Crippen LogP contribution in [0.25, 0.3) is 0 Å². The number of hydrogen-bond acceptors (Lipinski definition) is 2. The molecule has 0 aromatic heterocycles. The molecule has 2 atom stereocenters. The fraction of sp³-hybridized carbons (Fsp3) is 0.533. The summed E-state index contributed by atoms with van der Waals surface area (Å²) in [5.74, 6) is -0.811. The standard InChI is InChI=1S/C15H23NO2/c1-5-12(4)16-15(6-2,14(17)18)13-9-7-11(3)8-10-13/h7-10,12,16H,5-6H2,1-4H3,(H,17,18). The quantitative estimate of drug-likeness (QED) is 0.814. The van der Waals surface area contributed by atoms with Crippen LogP contribution in [0.5, 0.6) is 0 Å². The number of nitrogens with one attached hydrogen (secondary N) is 1. The Hall–Kier alpha value is -1.35. The van der Waals surface area contributed by atoms with Gasteiger partial charge in [0.05, 0.1) is 0 Å². The van der Waals surface area contributed by atoms with E-state index in [1.165, 1.54) is 0 Å². The van der Waals surface area contributed by atoms with Crippen molar-refractivity contribution in [3.05, 3.63) is 35.4 Å². The van der Waals surface area contributed by atoms with Crippen LogP contribution in [0.2, 0.25) is 0 Å². The Morgan fingerprint density at radius 2 is 1.89 bits per heavy atom. The summed E-state index contributed by atoms with van der Waals surface area (Å²) in [7, 11) is 0. The summed E-state index contributed by atoms with van der Waals surface area (Å²) < 4.78 is 0. The highest BCUT2D eigenvalue weighted by Crippen LogP contribution is 2.27. The first-order chi connectivity index (χ1) is 8.46. The monoisotopic (exact) mass is 249 g/mol. The van der Waals surface area contributed by atoms with Crippen molar-refractivity contribution in [2.45, 2.75) is 52.1 Å². The SMILES string of the molecule is CCC(C)NC(CC)(C(=O)O)c1ccc(C)cc1. The van der Waals surface area contributed by atoms with Gasteiger partial charge in [0, 0.05) is 6.04 Å². The summed E-state index contributed by atoms with van der Waals surface area (Å²) in [5, 5.41) is 12.9. The molecule has 0 aliphatic heterocycles. The van der Waals surface area contributed by atoms with E-state index >= 15 is 0 Å². The van der Waals surface area contributed by atoms with Crippen molar-refractivity contribution >= 4 is 5.97 Å². The van der Waals surface area contributed by atoms with Gasteiger partial charge in [-0.05, 0) is 32.3 Å². The van der Waals surface area contributed by atoms with E-state index < -0.39 is 11.5 Å². The molecule has 1 aromatic carbocycles. The van der Waals surface area contributed by atoms with Gasteiger partial charge in [0.2, 0.25) is 0 Å². The summed E-state index contributed by atoms with van der Waals surface area (Å²) in [4.78, 5) is 11.7. The topological polar surface area (TPSA) is 49.3 Å². The number of carboxylic acid groups (broad SMARTS) is 1. The van der Waals surface area contributed by atoms with Gasteiger partial charge in [-0.1, -0.05) is 43.7 Å². The molecule has 0 saturated heterocycles. The second-order valence-corrected chi connectivity index (χ2v) is 4.88. The van der Waals surface area contributed by atoms with Crippen molar-refractivity contribution in [3.63, 3.8) is 0 Å². The number of carbonyl (C=O) groups is 1. The first-order valence-electron chi connectivity index (χ1n) is 6.54. The Bertz CT molecular complexity index is 399. The number of aliphatic carboxylic acids is 1. The molecule has 1 rings (SSSR count). The van der Waals surface area contributed by atoms with Crippen LogP contribution < -0.4 is 5.32 Å². The lowest BCUT2D eigenvalue weighted by Gasteiger charge is -2.33. The third kappa shape index (κ3) is 2.91. The molecule has 0 radical (unpaired) electrons. The summed E-state index contributed by atoms with van der Waals surface area (Å²) in [6.45, 7) is 7.97. The van der Waals surface area contributed by atoms with Gasteiger partial charge in [-0.15, -0.1) is 0 Å². The molecule has 3 nitrogen and oxygen atoms in total. The van der Waals surface area contributed by atoms with E-state index in [2.05, 4.69) is 12.2 Å². The normalized spacial score (nSPS) is 16.0. The summed E-state index contributed by atoms with van der Waals surface area (Å²) in [6.07, 6.45) is 1.43. The second kappa shape index (κ2) is 6.01. The largest absolute Gasteiger partial charge is 0.480 e. The van der Waals surface area contributed by atoms with Crippen LogP contribution in [0.4, 0.5) is 0 Å². The minimum Gasteiger partial charge on any atom is -0.480 e. The molecule has 1 aromatic rings.